The zero-order valence-corrected chi connectivity index (χ0v) is 39.0. The molecule has 4 aliphatic heterocycles. The Hall–Kier alpha value is -5.85. The minimum absolute atomic E-state index is 0.148. The number of carbonyl (C=O) groups excluding carboxylic acids is 3. The highest BCUT2D eigenvalue weighted by Gasteiger charge is 2.46. The van der Waals surface area contributed by atoms with Crippen LogP contribution in [0.5, 0.6) is 5.75 Å². The summed E-state index contributed by atoms with van der Waals surface area (Å²) < 4.78 is 43.8. The van der Waals surface area contributed by atoms with Crippen LogP contribution in [0.4, 0.5) is 19.3 Å². The molecule has 5 aromatic rings. The molecule has 7 atom stereocenters. The van der Waals surface area contributed by atoms with Crippen molar-refractivity contribution in [2.75, 3.05) is 25.1 Å². The van der Waals surface area contributed by atoms with Crippen molar-refractivity contribution in [2.45, 2.75) is 127 Å². The number of fused-ring (bicyclic) bond motifs is 5. The monoisotopic (exact) mass is 937 g/mol. The van der Waals surface area contributed by atoms with Crippen molar-refractivity contribution >= 4 is 35.4 Å². The number of alkyl carbamates (subject to hydrolysis) is 1. The summed E-state index contributed by atoms with van der Waals surface area (Å²) in [5.41, 5.74) is 3.41. The lowest BCUT2D eigenvalue weighted by Gasteiger charge is -2.40. The van der Waals surface area contributed by atoms with E-state index in [9.17, 15) is 19.5 Å². The maximum absolute atomic E-state index is 16.9. The summed E-state index contributed by atoms with van der Waals surface area (Å²) in [6.07, 6.45) is 7.17. The SMILES string of the molecule is COC(=O)N[C@H](C(=O)N1CCC[C@H]1c1ncc(-c2ccc3c(c2)C[C@H]2c4c(F)cc(-c5cnc([C@@H]6CCCN6[C@@H](O)C(NC=O)C(C)(C)F)[nH]5)cc4OC(c4ccc(C5CC5)s4)N32)[nH]1)C(C)C. The molecule has 0 radical (unpaired) electrons. The fourth-order valence-electron chi connectivity index (χ4n) is 10.6. The van der Waals surface area contributed by atoms with Gasteiger partial charge in [0.25, 0.3) is 0 Å². The van der Waals surface area contributed by atoms with E-state index < -0.39 is 42.1 Å². The number of rotatable bonds is 14. The number of aliphatic hydroxyl groups excluding tert-OH is 1. The van der Waals surface area contributed by atoms with E-state index in [1.54, 1.807) is 33.5 Å². The number of nitrogens with zero attached hydrogens (tertiary/aromatic N) is 5. The summed E-state index contributed by atoms with van der Waals surface area (Å²) in [5.74, 6) is 1.51. The van der Waals surface area contributed by atoms with Crippen LogP contribution >= 0.6 is 11.3 Å². The number of thiophene rings is 1. The number of likely N-dealkylation sites (tertiary alicyclic amines) is 2. The number of nitrogens with one attached hydrogen (secondary N) is 4. The van der Waals surface area contributed by atoms with Crippen LogP contribution < -0.4 is 20.3 Å². The molecule has 7 heterocycles. The quantitative estimate of drug-likeness (QED) is 0.0683. The molecule has 1 saturated carbocycles. The number of halogens is 2. The molecule has 2 unspecified atom stereocenters. The van der Waals surface area contributed by atoms with Crippen molar-refractivity contribution in [3.05, 3.63) is 93.2 Å². The van der Waals surface area contributed by atoms with Crippen molar-refractivity contribution in [2.24, 2.45) is 5.92 Å². The Bertz CT molecular complexity index is 2680. The molecule has 5 aliphatic rings. The van der Waals surface area contributed by atoms with Crippen molar-refractivity contribution < 1.29 is 37.7 Å². The van der Waals surface area contributed by atoms with Gasteiger partial charge in [-0.25, -0.2) is 23.5 Å². The second kappa shape index (κ2) is 17.7. The third kappa shape index (κ3) is 8.34. The molecule has 67 heavy (non-hydrogen) atoms. The van der Waals surface area contributed by atoms with E-state index in [1.807, 2.05) is 26.0 Å². The minimum Gasteiger partial charge on any atom is -0.465 e. The molecule has 2 aromatic carbocycles. The molecule has 5 N–H and O–H groups in total. The van der Waals surface area contributed by atoms with Gasteiger partial charge in [-0.2, -0.15) is 0 Å². The second-order valence-corrected chi connectivity index (χ2v) is 20.5. The Balaban J connectivity index is 0.935. The topological polar surface area (TPSA) is 181 Å². The Morgan fingerprint density at radius 1 is 0.955 bits per heavy atom. The molecule has 354 valence electrons. The Morgan fingerprint density at radius 2 is 1.66 bits per heavy atom. The number of anilines is 1. The van der Waals surface area contributed by atoms with Gasteiger partial charge in [-0.3, -0.25) is 14.5 Å². The lowest BCUT2D eigenvalue weighted by atomic mass is 9.96. The Labute approximate surface area is 391 Å². The predicted octanol–water partition coefficient (Wildman–Crippen LogP) is 8.10. The number of methoxy groups -OCH3 is 1. The third-order valence-electron chi connectivity index (χ3n) is 14.2. The number of alkyl halides is 1. The maximum Gasteiger partial charge on any atom is 0.407 e. The summed E-state index contributed by atoms with van der Waals surface area (Å²) in [7, 11) is 1.28. The number of carbonyl (C=O) groups is 3. The van der Waals surface area contributed by atoms with E-state index >= 15 is 8.78 Å². The van der Waals surface area contributed by atoms with Crippen LogP contribution in [-0.4, -0.2) is 97.4 Å². The molecule has 3 aromatic heterocycles. The lowest BCUT2D eigenvalue weighted by Crippen LogP contribution is -2.57. The van der Waals surface area contributed by atoms with E-state index in [1.165, 1.54) is 44.7 Å². The van der Waals surface area contributed by atoms with Gasteiger partial charge in [0.2, 0.25) is 18.5 Å². The number of hydrogen-bond acceptors (Lipinski definition) is 11. The summed E-state index contributed by atoms with van der Waals surface area (Å²) in [4.78, 5) is 61.7. The number of amides is 3. The number of H-pyrrole nitrogens is 2. The van der Waals surface area contributed by atoms with E-state index in [0.717, 1.165) is 46.6 Å². The molecule has 3 amide bonds. The van der Waals surface area contributed by atoms with Gasteiger partial charge in [0.1, 0.15) is 47.2 Å². The van der Waals surface area contributed by atoms with Gasteiger partial charge in [0, 0.05) is 29.2 Å². The molecule has 0 spiro atoms. The summed E-state index contributed by atoms with van der Waals surface area (Å²) >= 11 is 1.75. The average molecular weight is 938 g/mol. The zero-order valence-electron chi connectivity index (χ0n) is 38.2. The molecule has 0 bridgehead atoms. The first kappa shape index (κ1) is 45.0. The Kier molecular flexibility index (Phi) is 11.9. The Morgan fingerprint density at radius 3 is 2.36 bits per heavy atom. The molecular formula is C49H57F2N9O6S. The van der Waals surface area contributed by atoms with Crippen molar-refractivity contribution in [1.29, 1.82) is 0 Å². The standard InChI is InChI=1S/C49H57F2N9O6S/c1-25(2)41(57-48(64)65-5)45(62)58-16-6-8-34(58)43-52-22-31(55-43)27-12-13-33-29(18-27)20-36-40-30(50)19-28(21-37(40)66-47(60(33)36)39-15-14-38(67-39)26-10-11-26)32-23-53-44(56-32)35-9-7-17-59(35)46(63)42(54-24-61)49(3,4)51/h12-15,18-19,21-26,34-36,41-42,46-47,63H,6-11,16-17,20H2,1-5H3,(H,52,55)(H,53,56)(H,54,61)(H,57,64)/t34-,35-,36-,41-,42?,46-,47?/m0/s1. The number of imidazole rings is 2. The highest BCUT2D eigenvalue weighted by Crippen LogP contribution is 2.55. The van der Waals surface area contributed by atoms with Crippen LogP contribution in [0.1, 0.15) is 129 Å². The van der Waals surface area contributed by atoms with Crippen molar-refractivity contribution in [1.82, 2.24) is 40.4 Å². The van der Waals surface area contributed by atoms with Gasteiger partial charge in [-0.05, 0) is 118 Å². The van der Waals surface area contributed by atoms with Crippen LogP contribution in [0.15, 0.2) is 54.9 Å². The van der Waals surface area contributed by atoms with E-state index in [-0.39, 0.29) is 30.0 Å². The second-order valence-electron chi connectivity index (χ2n) is 19.4. The average Bonchev–Trinajstić information content (AvgIpc) is 4.02. The first-order valence-corrected chi connectivity index (χ1v) is 24.1. The molecular weight excluding hydrogens is 881 g/mol. The summed E-state index contributed by atoms with van der Waals surface area (Å²) in [6, 6.07) is 11.0. The van der Waals surface area contributed by atoms with Gasteiger partial charge in [-0.1, -0.05) is 19.9 Å². The number of ether oxygens (including phenoxy) is 2. The first-order chi connectivity index (χ1) is 32.2. The highest BCUT2D eigenvalue weighted by molar-refractivity contribution is 7.12. The molecule has 15 nitrogen and oxygen atoms in total. The van der Waals surface area contributed by atoms with Crippen molar-refractivity contribution in [3.8, 4) is 28.3 Å². The lowest BCUT2D eigenvalue weighted by molar-refractivity contribution is -0.135. The first-order valence-electron chi connectivity index (χ1n) is 23.3. The van der Waals surface area contributed by atoms with Crippen LogP contribution in [0.2, 0.25) is 0 Å². The number of aromatic amines is 2. The van der Waals surface area contributed by atoms with Gasteiger partial charge in [0.15, 0.2) is 0 Å². The smallest absolute Gasteiger partial charge is 0.407 e. The fraction of sp³-hybridized carbons (Fsp3) is 0.490. The van der Waals surface area contributed by atoms with Crippen LogP contribution in [0, 0.1) is 11.7 Å². The van der Waals surface area contributed by atoms with E-state index in [4.69, 9.17) is 14.5 Å². The third-order valence-corrected chi connectivity index (χ3v) is 15.5. The predicted molar refractivity (Wildman–Crippen MR) is 247 cm³/mol. The fourth-order valence-corrected chi connectivity index (χ4v) is 11.8. The summed E-state index contributed by atoms with van der Waals surface area (Å²) in [6.45, 7) is 7.45. The van der Waals surface area contributed by atoms with E-state index in [2.05, 4.69) is 54.8 Å². The van der Waals surface area contributed by atoms with Crippen LogP contribution in [0.3, 0.4) is 0 Å². The largest absolute Gasteiger partial charge is 0.465 e. The maximum atomic E-state index is 16.9. The molecule has 18 heteroatoms. The molecule has 3 fully saturated rings. The molecule has 10 rings (SSSR count). The van der Waals surface area contributed by atoms with Gasteiger partial charge >= 0.3 is 6.09 Å². The van der Waals surface area contributed by atoms with Crippen molar-refractivity contribution in [3.63, 3.8) is 0 Å². The van der Waals surface area contributed by atoms with Crippen LogP contribution in [0.25, 0.3) is 22.5 Å². The zero-order chi connectivity index (χ0) is 46.9. The number of aromatic nitrogens is 4. The van der Waals surface area contributed by atoms with Gasteiger partial charge < -0.3 is 45.0 Å². The van der Waals surface area contributed by atoms with Gasteiger partial charge in [0.05, 0.1) is 59.5 Å². The number of hydrogen-bond donors (Lipinski definition) is 5. The minimum atomic E-state index is -1.89. The summed E-state index contributed by atoms with van der Waals surface area (Å²) in [5, 5.41) is 16.5. The molecule has 1 aliphatic carbocycles. The highest BCUT2D eigenvalue weighted by atomic mass is 32.1. The van der Waals surface area contributed by atoms with E-state index in [0.29, 0.717) is 72.5 Å². The molecule has 2 saturated heterocycles. The number of aliphatic hydroxyl groups is 1. The van der Waals surface area contributed by atoms with Crippen LogP contribution in [-0.2, 0) is 20.7 Å². The normalized spacial score (nSPS) is 22.8. The number of benzene rings is 2. The van der Waals surface area contributed by atoms with Gasteiger partial charge in [-0.15, -0.1) is 11.3 Å².